The van der Waals surface area contributed by atoms with Gasteiger partial charge < -0.3 is 16.0 Å². The van der Waals surface area contributed by atoms with Gasteiger partial charge >= 0.3 is 0 Å². The van der Waals surface area contributed by atoms with Gasteiger partial charge in [0.25, 0.3) is 5.91 Å². The van der Waals surface area contributed by atoms with Gasteiger partial charge in [-0.3, -0.25) is 4.79 Å². The first-order valence-corrected chi connectivity index (χ1v) is 8.55. The number of likely N-dealkylation sites (tertiary alicyclic amines) is 1. The zero-order valence-electron chi connectivity index (χ0n) is 12.4. The average molecular weight is 323 g/mol. The molecule has 3 N–H and O–H groups in total. The molecule has 0 spiro atoms. The number of hydrogen-bond donors (Lipinski definition) is 2. The Bertz CT molecular complexity index is 522. The van der Waals surface area contributed by atoms with Crippen molar-refractivity contribution >= 4 is 34.9 Å². The van der Waals surface area contributed by atoms with E-state index in [2.05, 4.69) is 17.3 Å². The van der Waals surface area contributed by atoms with Gasteiger partial charge in [-0.15, -0.1) is 11.8 Å². The molecule has 6 heteroatoms. The Morgan fingerprint density at radius 2 is 1.90 bits per heavy atom. The summed E-state index contributed by atoms with van der Waals surface area (Å²) in [5.41, 5.74) is 6.00. The summed E-state index contributed by atoms with van der Waals surface area (Å²) in [6.07, 6.45) is 3.52. The van der Waals surface area contributed by atoms with E-state index in [1.807, 2.05) is 30.5 Å². The second-order valence-electron chi connectivity index (χ2n) is 5.43. The van der Waals surface area contributed by atoms with Gasteiger partial charge in [-0.05, 0) is 50.4 Å². The molecule has 0 bridgehead atoms. The Morgan fingerprint density at radius 3 is 2.38 bits per heavy atom. The Labute approximate surface area is 135 Å². The highest BCUT2D eigenvalue weighted by molar-refractivity contribution is 7.98. The highest BCUT2D eigenvalue weighted by atomic mass is 32.2. The number of thiocarbonyl (C=S) groups is 1. The van der Waals surface area contributed by atoms with Crippen LogP contribution in [0.15, 0.2) is 29.2 Å². The zero-order chi connectivity index (χ0) is 15.5. The molecule has 1 aromatic rings. The van der Waals surface area contributed by atoms with Crippen molar-refractivity contribution < 1.29 is 4.79 Å². The summed E-state index contributed by atoms with van der Waals surface area (Å²) in [4.78, 5) is 16.2. The van der Waals surface area contributed by atoms with Crippen LogP contribution in [0.3, 0.4) is 0 Å². The maximum atomic E-state index is 12.5. The van der Waals surface area contributed by atoms with Gasteiger partial charge in [-0.2, -0.15) is 0 Å². The van der Waals surface area contributed by atoms with Crippen LogP contribution in [-0.2, 0) is 0 Å². The van der Waals surface area contributed by atoms with Crippen LogP contribution in [0.2, 0.25) is 0 Å². The number of amides is 1. The molecule has 1 aliphatic heterocycles. The molecule has 4 nitrogen and oxygen atoms in total. The molecule has 1 amide bonds. The van der Waals surface area contributed by atoms with E-state index >= 15 is 0 Å². The lowest BCUT2D eigenvalue weighted by Crippen LogP contribution is -2.61. The van der Waals surface area contributed by atoms with E-state index in [0.29, 0.717) is 10.6 Å². The zero-order valence-corrected chi connectivity index (χ0v) is 14.0. The minimum Gasteiger partial charge on any atom is -0.391 e. The molecule has 1 fully saturated rings. The SMILES string of the molecule is CSc1ccc(C(=O)NC2(C(N)=S)CCN(C)CC2)cc1. The van der Waals surface area contributed by atoms with Crippen LogP contribution in [0, 0.1) is 0 Å². The van der Waals surface area contributed by atoms with E-state index in [-0.39, 0.29) is 5.91 Å². The van der Waals surface area contributed by atoms with Gasteiger partial charge in [-0.1, -0.05) is 12.2 Å². The minimum absolute atomic E-state index is 0.111. The van der Waals surface area contributed by atoms with Gasteiger partial charge in [0.1, 0.15) is 0 Å². The summed E-state index contributed by atoms with van der Waals surface area (Å²) in [5, 5.41) is 3.07. The highest BCUT2D eigenvalue weighted by Gasteiger charge is 2.38. The van der Waals surface area contributed by atoms with E-state index < -0.39 is 5.54 Å². The number of nitrogens with zero attached hydrogens (tertiary/aromatic N) is 1. The van der Waals surface area contributed by atoms with Crippen molar-refractivity contribution in [1.29, 1.82) is 0 Å². The summed E-state index contributed by atoms with van der Waals surface area (Å²) >= 11 is 6.87. The molecule has 0 atom stereocenters. The van der Waals surface area contributed by atoms with E-state index in [0.717, 1.165) is 30.8 Å². The fourth-order valence-electron chi connectivity index (χ4n) is 2.47. The lowest BCUT2D eigenvalue weighted by atomic mass is 9.87. The first-order chi connectivity index (χ1) is 9.97. The van der Waals surface area contributed by atoms with Crippen molar-refractivity contribution in [3.8, 4) is 0 Å². The largest absolute Gasteiger partial charge is 0.391 e. The standard InChI is InChI=1S/C15H21N3OS2/c1-18-9-7-15(8-10-18,14(16)20)17-13(19)11-3-5-12(21-2)6-4-11/h3-6H,7-10H2,1-2H3,(H2,16,20)(H,17,19). The average Bonchev–Trinajstić information content (AvgIpc) is 2.49. The molecule has 1 heterocycles. The van der Waals surface area contributed by atoms with Crippen molar-refractivity contribution in [2.75, 3.05) is 26.4 Å². The molecule has 0 aliphatic carbocycles. The molecule has 114 valence electrons. The number of hydrogen-bond acceptors (Lipinski definition) is 4. The number of benzene rings is 1. The Kier molecular flexibility index (Phi) is 5.24. The molecular formula is C15H21N3OS2. The van der Waals surface area contributed by atoms with Crippen molar-refractivity contribution in [2.45, 2.75) is 23.3 Å². The Balaban J connectivity index is 2.12. The van der Waals surface area contributed by atoms with Crippen LogP contribution in [0.5, 0.6) is 0 Å². The predicted octanol–water partition coefficient (Wildman–Crippen LogP) is 1.89. The number of nitrogens with two attached hydrogens (primary N) is 1. The van der Waals surface area contributed by atoms with Crippen molar-refractivity contribution in [1.82, 2.24) is 10.2 Å². The fourth-order valence-corrected chi connectivity index (χ4v) is 3.13. The quantitative estimate of drug-likeness (QED) is 0.654. The van der Waals surface area contributed by atoms with Crippen molar-refractivity contribution in [3.05, 3.63) is 29.8 Å². The monoisotopic (exact) mass is 323 g/mol. The van der Waals surface area contributed by atoms with Gasteiger partial charge in [0.05, 0.1) is 10.5 Å². The van der Waals surface area contributed by atoms with Crippen LogP contribution in [0.1, 0.15) is 23.2 Å². The van der Waals surface area contributed by atoms with Crippen LogP contribution in [0.25, 0.3) is 0 Å². The van der Waals surface area contributed by atoms with Gasteiger partial charge in [-0.25, -0.2) is 0 Å². The summed E-state index contributed by atoms with van der Waals surface area (Å²) in [6, 6.07) is 7.57. The topological polar surface area (TPSA) is 58.4 Å². The second kappa shape index (κ2) is 6.77. The Hall–Kier alpha value is -1.11. The first-order valence-electron chi connectivity index (χ1n) is 6.92. The number of rotatable bonds is 4. The predicted molar refractivity (Wildman–Crippen MR) is 91.9 cm³/mol. The van der Waals surface area contributed by atoms with Crippen LogP contribution in [0.4, 0.5) is 0 Å². The highest BCUT2D eigenvalue weighted by Crippen LogP contribution is 2.23. The van der Waals surface area contributed by atoms with Crippen LogP contribution >= 0.6 is 24.0 Å². The molecule has 1 saturated heterocycles. The number of thioether (sulfide) groups is 1. The molecule has 1 aliphatic rings. The third-order valence-corrected chi connectivity index (χ3v) is 5.15. The molecule has 0 aromatic heterocycles. The van der Waals surface area contributed by atoms with E-state index in [1.165, 1.54) is 0 Å². The molecule has 0 unspecified atom stereocenters. The maximum Gasteiger partial charge on any atom is 0.252 e. The number of carbonyl (C=O) groups is 1. The smallest absolute Gasteiger partial charge is 0.252 e. The summed E-state index contributed by atoms with van der Waals surface area (Å²) in [6.45, 7) is 1.76. The maximum absolute atomic E-state index is 12.5. The molecular weight excluding hydrogens is 302 g/mol. The number of nitrogens with one attached hydrogen (secondary N) is 1. The molecule has 21 heavy (non-hydrogen) atoms. The molecule has 1 aromatic carbocycles. The van der Waals surface area contributed by atoms with Crippen LogP contribution in [-0.4, -0.2) is 47.7 Å². The molecule has 0 radical (unpaired) electrons. The first kappa shape index (κ1) is 16.3. The van der Waals surface area contributed by atoms with E-state index in [9.17, 15) is 4.79 Å². The van der Waals surface area contributed by atoms with E-state index in [4.69, 9.17) is 18.0 Å². The van der Waals surface area contributed by atoms with Crippen LogP contribution < -0.4 is 11.1 Å². The van der Waals surface area contributed by atoms with Crippen molar-refractivity contribution in [2.24, 2.45) is 5.73 Å². The summed E-state index contributed by atoms with van der Waals surface area (Å²) in [7, 11) is 2.06. The second-order valence-corrected chi connectivity index (χ2v) is 6.75. The van der Waals surface area contributed by atoms with Gasteiger partial charge in [0.2, 0.25) is 0 Å². The molecule has 0 saturated carbocycles. The third-order valence-electron chi connectivity index (χ3n) is 4.02. The lowest BCUT2D eigenvalue weighted by molar-refractivity contribution is 0.0890. The third kappa shape index (κ3) is 3.75. The fraction of sp³-hybridized carbons (Fsp3) is 0.467. The minimum atomic E-state index is -0.558. The number of piperidine rings is 1. The number of carbonyl (C=O) groups excluding carboxylic acids is 1. The lowest BCUT2D eigenvalue weighted by Gasteiger charge is -2.40. The van der Waals surface area contributed by atoms with Gasteiger partial charge in [0, 0.05) is 23.5 Å². The van der Waals surface area contributed by atoms with E-state index in [1.54, 1.807) is 11.8 Å². The van der Waals surface area contributed by atoms with Gasteiger partial charge in [0.15, 0.2) is 0 Å². The normalized spacial score (nSPS) is 18.2. The Morgan fingerprint density at radius 1 is 1.33 bits per heavy atom. The summed E-state index contributed by atoms with van der Waals surface area (Å²) < 4.78 is 0. The van der Waals surface area contributed by atoms with Crippen molar-refractivity contribution in [3.63, 3.8) is 0 Å². The molecule has 2 rings (SSSR count). The summed E-state index contributed by atoms with van der Waals surface area (Å²) in [5.74, 6) is -0.111.